The summed E-state index contributed by atoms with van der Waals surface area (Å²) in [4.78, 5) is 0. The van der Waals surface area contributed by atoms with Crippen LogP contribution >= 0.6 is 0 Å². The molecule has 220 valence electrons. The Bertz CT molecular complexity index is 1310. The molecule has 0 amide bonds. The smallest absolute Gasteiger partial charge is 0.167 e. The van der Waals surface area contributed by atoms with Crippen LogP contribution in [0.15, 0.2) is 54.6 Å². The van der Waals surface area contributed by atoms with Crippen molar-refractivity contribution < 1.29 is 17.6 Å². The van der Waals surface area contributed by atoms with Crippen LogP contribution in [-0.2, 0) is 6.42 Å². The Kier molecular flexibility index (Phi) is 11.7. The summed E-state index contributed by atoms with van der Waals surface area (Å²) >= 11 is 0. The second kappa shape index (κ2) is 15.4. The molecule has 0 saturated carbocycles. The quantitative estimate of drug-likeness (QED) is 0.135. The number of hydrogen-bond acceptors (Lipinski definition) is 0. The van der Waals surface area contributed by atoms with Gasteiger partial charge in [0.1, 0.15) is 0 Å². The third-order valence-corrected chi connectivity index (χ3v) is 8.63. The van der Waals surface area contributed by atoms with Gasteiger partial charge in [0.15, 0.2) is 23.3 Å². The van der Waals surface area contributed by atoms with E-state index in [0.29, 0.717) is 34.6 Å². The molecule has 0 radical (unpaired) electrons. The van der Waals surface area contributed by atoms with Crippen molar-refractivity contribution in [2.24, 2.45) is 5.92 Å². The summed E-state index contributed by atoms with van der Waals surface area (Å²) in [6, 6.07) is 13.1. The molecule has 1 aliphatic rings. The molecule has 1 unspecified atom stereocenters. The molecule has 41 heavy (non-hydrogen) atoms. The van der Waals surface area contributed by atoms with E-state index in [0.717, 1.165) is 44.1 Å². The molecule has 0 aliphatic heterocycles. The predicted octanol–water partition coefficient (Wildman–Crippen LogP) is 12.2. The van der Waals surface area contributed by atoms with Crippen molar-refractivity contribution >= 4 is 5.57 Å². The summed E-state index contributed by atoms with van der Waals surface area (Å²) in [5.41, 5.74) is 2.94. The lowest BCUT2D eigenvalue weighted by Gasteiger charge is -2.22. The normalized spacial score (nSPS) is 15.3. The highest BCUT2D eigenvalue weighted by atomic mass is 19.2. The predicted molar refractivity (Wildman–Crippen MR) is 164 cm³/mol. The van der Waals surface area contributed by atoms with Crippen molar-refractivity contribution in [1.29, 1.82) is 0 Å². The lowest BCUT2D eigenvalue weighted by atomic mass is 9.83. The van der Waals surface area contributed by atoms with Gasteiger partial charge in [-0.1, -0.05) is 126 Å². The van der Waals surface area contributed by atoms with Crippen LogP contribution in [0.1, 0.15) is 108 Å². The Morgan fingerprint density at radius 1 is 0.585 bits per heavy atom. The fraction of sp³-hybridized carbons (Fsp3) is 0.459. The van der Waals surface area contributed by atoms with E-state index in [1.165, 1.54) is 44.9 Å². The first-order chi connectivity index (χ1) is 19.9. The molecule has 0 nitrogen and oxygen atoms in total. The lowest BCUT2D eigenvalue weighted by molar-refractivity contribution is 0.427. The van der Waals surface area contributed by atoms with Gasteiger partial charge in [-0.05, 0) is 60.3 Å². The molecule has 1 aliphatic carbocycles. The van der Waals surface area contributed by atoms with Crippen LogP contribution < -0.4 is 0 Å². The van der Waals surface area contributed by atoms with Crippen LogP contribution in [0.3, 0.4) is 0 Å². The molecule has 3 aromatic carbocycles. The second-order valence-electron chi connectivity index (χ2n) is 11.6. The molecule has 4 heteroatoms. The SMILES string of the molecule is CCCCCCCCc1ccc(-c2ccc(-c3ccc(C4=CCC(CCCCC)CC4)c(F)c3F)cc2)c(F)c1F. The van der Waals surface area contributed by atoms with E-state index in [9.17, 15) is 8.78 Å². The van der Waals surface area contributed by atoms with E-state index < -0.39 is 23.3 Å². The minimum absolute atomic E-state index is 0.160. The summed E-state index contributed by atoms with van der Waals surface area (Å²) in [6.45, 7) is 4.37. The van der Waals surface area contributed by atoms with Gasteiger partial charge in [-0.25, -0.2) is 17.6 Å². The van der Waals surface area contributed by atoms with Crippen LogP contribution in [0.25, 0.3) is 27.8 Å². The maximum absolute atomic E-state index is 15.2. The summed E-state index contributed by atoms with van der Waals surface area (Å²) in [5.74, 6) is -2.73. The fourth-order valence-corrected chi connectivity index (χ4v) is 6.03. The van der Waals surface area contributed by atoms with Crippen LogP contribution in [0.5, 0.6) is 0 Å². The van der Waals surface area contributed by atoms with Crippen LogP contribution in [0.2, 0.25) is 0 Å². The molecular weight excluding hydrogens is 520 g/mol. The van der Waals surface area contributed by atoms with E-state index in [2.05, 4.69) is 19.9 Å². The highest BCUT2D eigenvalue weighted by Gasteiger charge is 2.21. The maximum Gasteiger partial charge on any atom is 0.167 e. The van der Waals surface area contributed by atoms with Gasteiger partial charge in [-0.2, -0.15) is 0 Å². The van der Waals surface area contributed by atoms with Gasteiger partial charge >= 0.3 is 0 Å². The largest absolute Gasteiger partial charge is 0.203 e. The third kappa shape index (κ3) is 7.90. The average molecular weight is 565 g/mol. The second-order valence-corrected chi connectivity index (χ2v) is 11.6. The van der Waals surface area contributed by atoms with Crippen molar-refractivity contribution in [1.82, 2.24) is 0 Å². The Balaban J connectivity index is 1.44. The lowest BCUT2D eigenvalue weighted by Crippen LogP contribution is -2.07. The molecule has 3 aromatic rings. The highest BCUT2D eigenvalue weighted by Crippen LogP contribution is 2.37. The Hall–Kier alpha value is -2.88. The van der Waals surface area contributed by atoms with Crippen LogP contribution in [0.4, 0.5) is 17.6 Å². The number of rotatable bonds is 14. The van der Waals surface area contributed by atoms with Gasteiger partial charge in [-0.15, -0.1) is 0 Å². The van der Waals surface area contributed by atoms with Gasteiger partial charge in [0, 0.05) is 16.7 Å². The minimum Gasteiger partial charge on any atom is -0.203 e. The van der Waals surface area contributed by atoms with E-state index in [1.807, 2.05) is 0 Å². The third-order valence-electron chi connectivity index (χ3n) is 8.63. The van der Waals surface area contributed by atoms with E-state index in [4.69, 9.17) is 0 Å². The van der Waals surface area contributed by atoms with Crippen molar-refractivity contribution in [3.8, 4) is 22.3 Å². The summed E-state index contributed by atoms with van der Waals surface area (Å²) in [6.07, 6.45) is 16.7. The Morgan fingerprint density at radius 3 is 1.76 bits per heavy atom. The van der Waals surface area contributed by atoms with Crippen molar-refractivity contribution in [2.45, 2.75) is 104 Å². The van der Waals surface area contributed by atoms with Crippen molar-refractivity contribution in [3.63, 3.8) is 0 Å². The first-order valence-corrected chi connectivity index (χ1v) is 15.7. The standard InChI is InChI=1S/C37H44F4/c1-3-5-7-8-9-11-13-30-22-23-31(35(39)34(30)38)28-18-20-29(21-19-28)33-25-24-32(36(40)37(33)41)27-16-14-26(15-17-27)12-10-6-4-2/h16,18-26H,3-15,17H2,1-2H3. The Morgan fingerprint density at radius 2 is 1.12 bits per heavy atom. The Labute approximate surface area is 243 Å². The topological polar surface area (TPSA) is 0 Å². The first-order valence-electron chi connectivity index (χ1n) is 15.7. The first kappa shape index (κ1) is 31.1. The van der Waals surface area contributed by atoms with Crippen LogP contribution in [0, 0.1) is 29.2 Å². The average Bonchev–Trinajstić information content (AvgIpc) is 2.99. The minimum atomic E-state index is -0.877. The van der Waals surface area contributed by atoms with E-state index in [-0.39, 0.29) is 11.1 Å². The van der Waals surface area contributed by atoms with Gasteiger partial charge in [0.05, 0.1) is 0 Å². The number of aryl methyl sites for hydroxylation is 1. The number of allylic oxidation sites excluding steroid dienone is 2. The molecule has 0 bridgehead atoms. The summed E-state index contributed by atoms with van der Waals surface area (Å²) in [5, 5.41) is 0. The summed E-state index contributed by atoms with van der Waals surface area (Å²) < 4.78 is 60.3. The van der Waals surface area contributed by atoms with Gasteiger partial charge in [-0.3, -0.25) is 0 Å². The zero-order chi connectivity index (χ0) is 29.2. The molecular formula is C37H44F4. The molecule has 0 saturated heterocycles. The number of halogens is 4. The molecule has 1 atom stereocenters. The van der Waals surface area contributed by atoms with Gasteiger partial charge < -0.3 is 0 Å². The van der Waals surface area contributed by atoms with Crippen molar-refractivity contribution in [2.75, 3.05) is 0 Å². The zero-order valence-corrected chi connectivity index (χ0v) is 24.7. The molecule has 0 aromatic heterocycles. The van der Waals surface area contributed by atoms with Crippen molar-refractivity contribution in [3.05, 3.63) is 89.0 Å². The number of unbranched alkanes of at least 4 members (excludes halogenated alkanes) is 7. The number of benzene rings is 3. The zero-order valence-electron chi connectivity index (χ0n) is 24.7. The maximum atomic E-state index is 15.2. The summed E-state index contributed by atoms with van der Waals surface area (Å²) in [7, 11) is 0. The molecule has 4 rings (SSSR count). The van der Waals surface area contributed by atoms with Crippen LogP contribution in [-0.4, -0.2) is 0 Å². The molecule has 0 fully saturated rings. The van der Waals surface area contributed by atoms with E-state index in [1.54, 1.807) is 48.5 Å². The molecule has 0 spiro atoms. The fourth-order valence-electron chi connectivity index (χ4n) is 6.03. The monoisotopic (exact) mass is 564 g/mol. The molecule has 0 heterocycles. The van der Waals surface area contributed by atoms with E-state index >= 15 is 8.78 Å². The van der Waals surface area contributed by atoms with Gasteiger partial charge in [0.25, 0.3) is 0 Å². The van der Waals surface area contributed by atoms with Gasteiger partial charge in [0.2, 0.25) is 0 Å². The molecule has 0 N–H and O–H groups in total. The highest BCUT2D eigenvalue weighted by molar-refractivity contribution is 5.74. The number of hydrogen-bond donors (Lipinski definition) is 0.